The van der Waals surface area contributed by atoms with Crippen LogP contribution in [0.3, 0.4) is 0 Å². The lowest BCUT2D eigenvalue weighted by Gasteiger charge is -2.27. The molecule has 4 nitrogen and oxygen atoms in total. The predicted octanol–water partition coefficient (Wildman–Crippen LogP) is 1.41. The smallest absolute Gasteiger partial charge is 0.180 e. The molecule has 1 fully saturated rings. The van der Waals surface area contributed by atoms with Crippen LogP contribution >= 0.6 is 0 Å². The zero-order valence-electron chi connectivity index (χ0n) is 8.02. The van der Waals surface area contributed by atoms with Crippen molar-refractivity contribution in [3.05, 3.63) is 18.4 Å². The summed E-state index contributed by atoms with van der Waals surface area (Å²) in [7, 11) is 0. The molecule has 0 unspecified atom stereocenters. The molecule has 0 bridgehead atoms. The molecule has 0 aliphatic carbocycles. The molecule has 0 aromatic carbocycles. The number of nitrogens with zero attached hydrogens (tertiary/aromatic N) is 3. The van der Waals surface area contributed by atoms with Crippen molar-refractivity contribution in [2.45, 2.75) is 19.4 Å². The average Bonchev–Trinajstić information content (AvgIpc) is 2.72. The van der Waals surface area contributed by atoms with Gasteiger partial charge in [-0.3, -0.25) is 4.90 Å². The minimum absolute atomic E-state index is 0.253. The van der Waals surface area contributed by atoms with Gasteiger partial charge in [0, 0.05) is 12.5 Å². The normalized spacial score (nSPS) is 19.4. The molecule has 0 N–H and O–H groups in total. The minimum Gasteiger partial charge on any atom is -0.451 e. The zero-order valence-corrected chi connectivity index (χ0v) is 8.02. The highest BCUT2D eigenvalue weighted by atomic mass is 16.3. The van der Waals surface area contributed by atoms with Gasteiger partial charge in [0.15, 0.2) is 6.39 Å². The van der Waals surface area contributed by atoms with Gasteiger partial charge in [-0.1, -0.05) is 0 Å². The predicted molar refractivity (Wildman–Crippen MR) is 50.1 cm³/mol. The molecule has 1 aromatic heterocycles. The van der Waals surface area contributed by atoms with Gasteiger partial charge in [0.1, 0.15) is 6.26 Å². The summed E-state index contributed by atoms with van der Waals surface area (Å²) in [5.74, 6) is 0.253. The number of nitriles is 1. The molecule has 4 heteroatoms. The lowest BCUT2D eigenvalue weighted by molar-refractivity contribution is 0.196. The molecule has 0 radical (unpaired) electrons. The topological polar surface area (TPSA) is 53.1 Å². The van der Waals surface area contributed by atoms with E-state index in [2.05, 4.69) is 16.0 Å². The second-order valence-electron chi connectivity index (χ2n) is 3.66. The number of piperidine rings is 1. The summed E-state index contributed by atoms with van der Waals surface area (Å²) in [6, 6.07) is 2.32. The highest BCUT2D eigenvalue weighted by Gasteiger charge is 2.18. The number of hydrogen-bond acceptors (Lipinski definition) is 4. The quantitative estimate of drug-likeness (QED) is 0.709. The molecular weight excluding hydrogens is 178 g/mol. The first kappa shape index (κ1) is 9.22. The molecule has 2 heterocycles. The highest BCUT2D eigenvalue weighted by molar-refractivity contribution is 4.93. The summed E-state index contributed by atoms with van der Waals surface area (Å²) < 4.78 is 4.91. The van der Waals surface area contributed by atoms with Crippen LogP contribution in [0.1, 0.15) is 18.5 Å². The summed E-state index contributed by atoms with van der Waals surface area (Å²) in [5, 5.41) is 8.74. The number of rotatable bonds is 2. The second-order valence-corrected chi connectivity index (χ2v) is 3.66. The van der Waals surface area contributed by atoms with E-state index in [0.717, 1.165) is 38.2 Å². The molecule has 0 saturated carbocycles. The van der Waals surface area contributed by atoms with Gasteiger partial charge in [-0.05, 0) is 25.9 Å². The van der Waals surface area contributed by atoms with Crippen LogP contribution in [0.5, 0.6) is 0 Å². The van der Waals surface area contributed by atoms with Crippen LogP contribution in [-0.4, -0.2) is 23.0 Å². The molecule has 0 amide bonds. The zero-order chi connectivity index (χ0) is 9.80. The van der Waals surface area contributed by atoms with E-state index in [9.17, 15) is 0 Å². The summed E-state index contributed by atoms with van der Waals surface area (Å²) in [6.45, 7) is 2.82. The van der Waals surface area contributed by atoms with Crippen molar-refractivity contribution in [1.82, 2.24) is 9.88 Å². The molecule has 1 saturated heterocycles. The van der Waals surface area contributed by atoms with Crippen molar-refractivity contribution in [3.63, 3.8) is 0 Å². The standard InChI is InChI=1S/C10H13N3O/c11-5-9-1-3-13(4-2-9)6-10-7-14-8-12-10/h7-9H,1-4,6H2. The third-order valence-corrected chi connectivity index (χ3v) is 2.64. The minimum atomic E-state index is 0.253. The van der Waals surface area contributed by atoms with Crippen molar-refractivity contribution in [2.75, 3.05) is 13.1 Å². The Morgan fingerprint density at radius 2 is 2.36 bits per heavy atom. The lowest BCUT2D eigenvalue weighted by Crippen LogP contribution is -2.32. The Balaban J connectivity index is 1.82. The number of hydrogen-bond donors (Lipinski definition) is 0. The van der Waals surface area contributed by atoms with Crippen molar-refractivity contribution >= 4 is 0 Å². The van der Waals surface area contributed by atoms with Crippen LogP contribution in [0.15, 0.2) is 17.1 Å². The Bertz CT molecular complexity index is 307. The van der Waals surface area contributed by atoms with Crippen LogP contribution in [0.25, 0.3) is 0 Å². The summed E-state index contributed by atoms with van der Waals surface area (Å²) >= 11 is 0. The fourth-order valence-electron chi connectivity index (χ4n) is 1.76. The first-order valence-corrected chi connectivity index (χ1v) is 4.87. The Morgan fingerprint density at radius 3 is 2.93 bits per heavy atom. The van der Waals surface area contributed by atoms with Gasteiger partial charge < -0.3 is 4.42 Å². The van der Waals surface area contributed by atoms with Gasteiger partial charge in [-0.15, -0.1) is 0 Å². The van der Waals surface area contributed by atoms with Gasteiger partial charge in [0.05, 0.1) is 11.8 Å². The van der Waals surface area contributed by atoms with E-state index in [-0.39, 0.29) is 5.92 Å². The Kier molecular flexibility index (Phi) is 2.80. The highest BCUT2D eigenvalue weighted by Crippen LogP contribution is 2.17. The van der Waals surface area contributed by atoms with Crippen LogP contribution in [0.2, 0.25) is 0 Å². The van der Waals surface area contributed by atoms with E-state index < -0.39 is 0 Å². The first-order chi connectivity index (χ1) is 6.88. The van der Waals surface area contributed by atoms with E-state index >= 15 is 0 Å². The van der Waals surface area contributed by atoms with Crippen molar-refractivity contribution in [1.29, 1.82) is 5.26 Å². The van der Waals surface area contributed by atoms with Crippen LogP contribution in [0, 0.1) is 17.2 Å². The monoisotopic (exact) mass is 191 g/mol. The molecule has 1 aliphatic rings. The van der Waals surface area contributed by atoms with E-state index in [1.807, 2.05) is 0 Å². The van der Waals surface area contributed by atoms with E-state index in [4.69, 9.17) is 9.68 Å². The number of likely N-dealkylation sites (tertiary alicyclic amines) is 1. The molecule has 1 aliphatic heterocycles. The van der Waals surface area contributed by atoms with Crippen molar-refractivity contribution < 1.29 is 4.42 Å². The fourth-order valence-corrected chi connectivity index (χ4v) is 1.76. The first-order valence-electron chi connectivity index (χ1n) is 4.87. The maximum atomic E-state index is 8.74. The third kappa shape index (κ3) is 2.12. The van der Waals surface area contributed by atoms with Crippen molar-refractivity contribution in [3.8, 4) is 6.07 Å². The van der Waals surface area contributed by atoms with Crippen LogP contribution < -0.4 is 0 Å². The molecule has 14 heavy (non-hydrogen) atoms. The van der Waals surface area contributed by atoms with Crippen LogP contribution in [0.4, 0.5) is 0 Å². The largest absolute Gasteiger partial charge is 0.451 e. The molecule has 74 valence electrons. The van der Waals surface area contributed by atoms with E-state index in [1.165, 1.54) is 6.39 Å². The van der Waals surface area contributed by atoms with Gasteiger partial charge in [0.25, 0.3) is 0 Å². The summed E-state index contributed by atoms with van der Waals surface area (Å²) in [4.78, 5) is 6.39. The molecule has 0 atom stereocenters. The van der Waals surface area contributed by atoms with Gasteiger partial charge in [-0.25, -0.2) is 4.98 Å². The number of aromatic nitrogens is 1. The molecular formula is C10H13N3O. The maximum Gasteiger partial charge on any atom is 0.180 e. The van der Waals surface area contributed by atoms with Gasteiger partial charge in [0.2, 0.25) is 0 Å². The van der Waals surface area contributed by atoms with Crippen molar-refractivity contribution in [2.24, 2.45) is 5.92 Å². The number of oxazole rings is 1. The summed E-state index contributed by atoms with van der Waals surface area (Å²) in [6.07, 6.45) is 5.09. The Morgan fingerprint density at radius 1 is 1.57 bits per heavy atom. The Labute approximate surface area is 83.1 Å². The SMILES string of the molecule is N#CC1CCN(Cc2cocn2)CC1. The van der Waals surface area contributed by atoms with E-state index in [0.29, 0.717) is 0 Å². The molecule has 1 aromatic rings. The van der Waals surface area contributed by atoms with Crippen LogP contribution in [-0.2, 0) is 6.54 Å². The van der Waals surface area contributed by atoms with Gasteiger partial charge in [-0.2, -0.15) is 5.26 Å². The Hall–Kier alpha value is -1.34. The second kappa shape index (κ2) is 4.25. The summed E-state index contributed by atoms with van der Waals surface area (Å²) in [5.41, 5.74) is 0.973. The van der Waals surface area contributed by atoms with Gasteiger partial charge >= 0.3 is 0 Å². The lowest BCUT2D eigenvalue weighted by atomic mass is 9.99. The molecule has 0 spiro atoms. The fraction of sp³-hybridized carbons (Fsp3) is 0.600. The third-order valence-electron chi connectivity index (χ3n) is 2.64. The maximum absolute atomic E-state index is 8.74. The average molecular weight is 191 g/mol. The molecule has 2 rings (SSSR count). The van der Waals surface area contributed by atoms with E-state index in [1.54, 1.807) is 6.26 Å².